The number of halogens is 1. The molecule has 28 heavy (non-hydrogen) atoms. The molecule has 1 aromatic heterocycles. The molecule has 2 aromatic carbocycles. The SMILES string of the molecule is Cc1[nH]c2ccc(C(=O)OCC(=O)NNC(=O)c3ccccc3F)cc2c1C. The highest BCUT2D eigenvalue weighted by Gasteiger charge is 2.15. The molecule has 0 fully saturated rings. The fourth-order valence-corrected chi connectivity index (χ4v) is 2.68. The van der Waals surface area contributed by atoms with Crippen LogP contribution in [0.2, 0.25) is 0 Å². The van der Waals surface area contributed by atoms with E-state index in [1.165, 1.54) is 18.2 Å². The number of hydrogen-bond donors (Lipinski definition) is 3. The van der Waals surface area contributed by atoms with Crippen molar-refractivity contribution >= 4 is 28.7 Å². The van der Waals surface area contributed by atoms with E-state index in [4.69, 9.17) is 4.74 Å². The Kier molecular flexibility index (Phi) is 5.39. The van der Waals surface area contributed by atoms with Gasteiger partial charge in [-0.05, 0) is 49.7 Å². The first-order valence-corrected chi connectivity index (χ1v) is 8.46. The summed E-state index contributed by atoms with van der Waals surface area (Å²) in [7, 11) is 0. The van der Waals surface area contributed by atoms with Crippen LogP contribution in [0.5, 0.6) is 0 Å². The van der Waals surface area contributed by atoms with Crippen LogP contribution in [0.3, 0.4) is 0 Å². The number of hydrogen-bond acceptors (Lipinski definition) is 4. The van der Waals surface area contributed by atoms with Gasteiger partial charge >= 0.3 is 5.97 Å². The average Bonchev–Trinajstić information content (AvgIpc) is 2.98. The number of nitrogens with one attached hydrogen (secondary N) is 3. The third-order valence-electron chi connectivity index (χ3n) is 4.31. The van der Waals surface area contributed by atoms with E-state index < -0.39 is 30.2 Å². The number of ether oxygens (including phenoxy) is 1. The van der Waals surface area contributed by atoms with Crippen LogP contribution in [0.1, 0.15) is 32.0 Å². The van der Waals surface area contributed by atoms with Crippen LogP contribution < -0.4 is 10.9 Å². The Bertz CT molecular complexity index is 1070. The van der Waals surface area contributed by atoms with Crippen molar-refractivity contribution in [3.8, 4) is 0 Å². The van der Waals surface area contributed by atoms with Crippen LogP contribution in [0.25, 0.3) is 10.9 Å². The summed E-state index contributed by atoms with van der Waals surface area (Å²) in [4.78, 5) is 38.9. The molecule has 0 unspecified atom stereocenters. The van der Waals surface area contributed by atoms with Gasteiger partial charge in [0.1, 0.15) is 5.82 Å². The van der Waals surface area contributed by atoms with E-state index in [0.29, 0.717) is 5.56 Å². The lowest BCUT2D eigenvalue weighted by atomic mass is 10.1. The second-order valence-electron chi connectivity index (χ2n) is 6.19. The van der Waals surface area contributed by atoms with Gasteiger partial charge in [-0.25, -0.2) is 9.18 Å². The topological polar surface area (TPSA) is 100 Å². The Balaban J connectivity index is 1.54. The number of carbonyl (C=O) groups is 3. The van der Waals surface area contributed by atoms with Crippen molar-refractivity contribution in [2.75, 3.05) is 6.61 Å². The standard InChI is InChI=1S/C20H18FN3O4/c1-11-12(2)22-17-8-7-13(9-15(11)17)20(27)28-10-18(25)23-24-19(26)14-5-3-4-6-16(14)21/h3-9,22H,10H2,1-2H3,(H,23,25)(H,24,26). The van der Waals surface area contributed by atoms with Crippen molar-refractivity contribution in [2.45, 2.75) is 13.8 Å². The maximum absolute atomic E-state index is 13.5. The largest absolute Gasteiger partial charge is 0.452 e. The molecule has 0 saturated heterocycles. The van der Waals surface area contributed by atoms with E-state index in [-0.39, 0.29) is 5.56 Å². The monoisotopic (exact) mass is 383 g/mol. The molecule has 3 aromatic rings. The molecular weight excluding hydrogens is 365 g/mol. The molecule has 0 aliphatic carbocycles. The maximum Gasteiger partial charge on any atom is 0.338 e. The molecule has 0 aliphatic heterocycles. The second kappa shape index (κ2) is 7.91. The lowest BCUT2D eigenvalue weighted by Gasteiger charge is -2.08. The summed E-state index contributed by atoms with van der Waals surface area (Å²) < 4.78 is 18.5. The molecule has 144 valence electrons. The third kappa shape index (κ3) is 4.01. The first-order valence-electron chi connectivity index (χ1n) is 8.46. The molecule has 0 atom stereocenters. The number of aromatic nitrogens is 1. The smallest absolute Gasteiger partial charge is 0.338 e. The van der Waals surface area contributed by atoms with E-state index in [1.54, 1.807) is 18.2 Å². The van der Waals surface area contributed by atoms with E-state index in [9.17, 15) is 18.8 Å². The molecule has 0 saturated carbocycles. The number of aryl methyl sites for hydroxylation is 2. The molecule has 1 heterocycles. The summed E-state index contributed by atoms with van der Waals surface area (Å²) in [5.74, 6) is -2.96. The predicted octanol–water partition coefficient (Wildman–Crippen LogP) is 2.54. The molecule has 2 amide bonds. The van der Waals surface area contributed by atoms with Crippen molar-refractivity contribution in [3.63, 3.8) is 0 Å². The number of aromatic amines is 1. The van der Waals surface area contributed by atoms with Crippen LogP contribution in [0.4, 0.5) is 4.39 Å². The van der Waals surface area contributed by atoms with Crippen molar-refractivity contribution in [2.24, 2.45) is 0 Å². The zero-order chi connectivity index (χ0) is 20.3. The minimum Gasteiger partial charge on any atom is -0.452 e. The molecular formula is C20H18FN3O4. The zero-order valence-electron chi connectivity index (χ0n) is 15.3. The Labute approximate surface area is 159 Å². The minimum absolute atomic E-state index is 0.217. The van der Waals surface area contributed by atoms with E-state index in [0.717, 1.165) is 28.2 Å². The van der Waals surface area contributed by atoms with Crippen LogP contribution in [0.15, 0.2) is 42.5 Å². The number of H-pyrrole nitrogens is 1. The maximum atomic E-state index is 13.5. The van der Waals surface area contributed by atoms with Gasteiger partial charge in [0, 0.05) is 16.6 Å². The van der Waals surface area contributed by atoms with Gasteiger partial charge < -0.3 is 9.72 Å². The summed E-state index contributed by atoms with van der Waals surface area (Å²) >= 11 is 0. The number of fused-ring (bicyclic) bond motifs is 1. The van der Waals surface area contributed by atoms with Crippen LogP contribution >= 0.6 is 0 Å². The fraction of sp³-hybridized carbons (Fsp3) is 0.150. The van der Waals surface area contributed by atoms with Gasteiger partial charge in [0.2, 0.25) is 0 Å². The number of carbonyl (C=O) groups excluding carboxylic acids is 3. The summed E-state index contributed by atoms with van der Waals surface area (Å²) in [5, 5.41) is 0.897. The molecule has 0 spiro atoms. The zero-order valence-corrected chi connectivity index (χ0v) is 15.3. The van der Waals surface area contributed by atoms with Crippen LogP contribution in [0, 0.1) is 19.7 Å². The lowest BCUT2D eigenvalue weighted by Crippen LogP contribution is -2.43. The van der Waals surface area contributed by atoms with Gasteiger partial charge in [-0.3, -0.25) is 20.4 Å². The van der Waals surface area contributed by atoms with Crippen LogP contribution in [-0.2, 0) is 9.53 Å². The van der Waals surface area contributed by atoms with E-state index in [1.807, 2.05) is 13.8 Å². The van der Waals surface area contributed by atoms with Crippen LogP contribution in [-0.4, -0.2) is 29.4 Å². The lowest BCUT2D eigenvalue weighted by molar-refractivity contribution is -0.125. The number of rotatable bonds is 4. The van der Waals surface area contributed by atoms with Gasteiger partial charge in [-0.15, -0.1) is 0 Å². The van der Waals surface area contributed by atoms with Crippen molar-refractivity contribution < 1.29 is 23.5 Å². The molecule has 3 N–H and O–H groups in total. The fourth-order valence-electron chi connectivity index (χ4n) is 2.68. The normalized spacial score (nSPS) is 10.5. The molecule has 0 bridgehead atoms. The highest BCUT2D eigenvalue weighted by atomic mass is 19.1. The first-order chi connectivity index (χ1) is 13.4. The van der Waals surface area contributed by atoms with E-state index in [2.05, 4.69) is 15.8 Å². The quantitative estimate of drug-likeness (QED) is 0.476. The van der Waals surface area contributed by atoms with Crippen molar-refractivity contribution in [1.29, 1.82) is 0 Å². The van der Waals surface area contributed by atoms with Gasteiger partial charge in [-0.2, -0.15) is 0 Å². The summed E-state index contributed by atoms with van der Waals surface area (Å²) in [6.45, 7) is 3.28. The summed E-state index contributed by atoms with van der Waals surface area (Å²) in [6.07, 6.45) is 0. The number of hydrazine groups is 1. The Hall–Kier alpha value is -3.68. The Morgan fingerprint density at radius 3 is 2.57 bits per heavy atom. The number of amides is 2. The molecule has 3 rings (SSSR count). The molecule has 0 aliphatic rings. The average molecular weight is 383 g/mol. The second-order valence-corrected chi connectivity index (χ2v) is 6.19. The third-order valence-corrected chi connectivity index (χ3v) is 4.31. The highest BCUT2D eigenvalue weighted by molar-refractivity contribution is 5.98. The highest BCUT2D eigenvalue weighted by Crippen LogP contribution is 2.22. The minimum atomic E-state index is -0.818. The van der Waals surface area contributed by atoms with Gasteiger partial charge in [0.25, 0.3) is 11.8 Å². The predicted molar refractivity (Wildman–Crippen MR) is 100 cm³/mol. The van der Waals surface area contributed by atoms with Gasteiger partial charge in [0.15, 0.2) is 6.61 Å². The first kappa shape index (κ1) is 19.1. The number of esters is 1. The Morgan fingerprint density at radius 1 is 1.07 bits per heavy atom. The number of benzene rings is 2. The molecule has 7 nitrogen and oxygen atoms in total. The van der Waals surface area contributed by atoms with Gasteiger partial charge in [0.05, 0.1) is 11.1 Å². The van der Waals surface area contributed by atoms with Crippen molar-refractivity contribution in [1.82, 2.24) is 15.8 Å². The van der Waals surface area contributed by atoms with E-state index >= 15 is 0 Å². The molecule has 8 heteroatoms. The molecule has 0 radical (unpaired) electrons. The van der Waals surface area contributed by atoms with Crippen molar-refractivity contribution in [3.05, 3.63) is 70.7 Å². The Morgan fingerprint density at radius 2 is 1.82 bits per heavy atom. The summed E-state index contributed by atoms with van der Waals surface area (Å²) in [5.41, 5.74) is 7.15. The van der Waals surface area contributed by atoms with Gasteiger partial charge in [-0.1, -0.05) is 12.1 Å². The summed E-state index contributed by atoms with van der Waals surface area (Å²) in [6, 6.07) is 10.4.